The Kier molecular flexibility index (Phi) is 2.28. The first kappa shape index (κ1) is 9.40. The van der Waals surface area contributed by atoms with Gasteiger partial charge in [0.25, 0.3) is 0 Å². The topological polar surface area (TPSA) is 29.5 Å². The molecule has 15 heavy (non-hydrogen) atoms. The lowest BCUT2D eigenvalue weighted by Gasteiger charge is -2.31. The van der Waals surface area contributed by atoms with Gasteiger partial charge in [0.1, 0.15) is 0 Å². The third kappa shape index (κ3) is 1.59. The van der Waals surface area contributed by atoms with E-state index in [9.17, 15) is 4.79 Å². The van der Waals surface area contributed by atoms with Gasteiger partial charge in [-0.05, 0) is 25.7 Å². The summed E-state index contributed by atoms with van der Waals surface area (Å²) in [7, 11) is 0. The van der Waals surface area contributed by atoms with Gasteiger partial charge in [-0.15, -0.1) is 0 Å². The van der Waals surface area contributed by atoms with Crippen LogP contribution in [0.4, 0.5) is 0 Å². The van der Waals surface area contributed by atoms with Crippen molar-refractivity contribution in [2.45, 2.75) is 37.8 Å². The predicted octanol–water partition coefficient (Wildman–Crippen LogP) is 1.34. The normalized spacial score (nSPS) is 38.7. The number of nitrogens with zero attached hydrogens (tertiary/aromatic N) is 1. The number of allylic oxidation sites excluding steroid dienone is 2. The Hall–Kier alpha value is -0.830. The lowest BCUT2D eigenvalue weighted by molar-refractivity contribution is -0.140. The molecule has 1 amide bonds. The van der Waals surface area contributed by atoms with Crippen LogP contribution in [-0.4, -0.2) is 36.1 Å². The lowest BCUT2D eigenvalue weighted by Crippen LogP contribution is -2.44. The maximum atomic E-state index is 12.2. The average molecular weight is 207 g/mol. The van der Waals surface area contributed by atoms with Gasteiger partial charge >= 0.3 is 0 Å². The van der Waals surface area contributed by atoms with Gasteiger partial charge in [0.15, 0.2) is 0 Å². The van der Waals surface area contributed by atoms with Crippen LogP contribution in [0.15, 0.2) is 12.2 Å². The minimum atomic E-state index is 0.245. The second-order valence-corrected chi connectivity index (χ2v) is 4.82. The fraction of sp³-hybridized carbons (Fsp3) is 0.750. The number of likely N-dealkylation sites (tertiary alicyclic amines) is 1. The largest absolute Gasteiger partial charge is 0.374 e. The molecular weight excluding hydrogens is 190 g/mol. The fourth-order valence-corrected chi connectivity index (χ4v) is 2.92. The second kappa shape index (κ2) is 3.63. The van der Waals surface area contributed by atoms with Crippen LogP contribution in [0.2, 0.25) is 0 Å². The smallest absolute Gasteiger partial charge is 0.226 e. The summed E-state index contributed by atoms with van der Waals surface area (Å²) >= 11 is 0. The van der Waals surface area contributed by atoms with E-state index in [1.165, 1.54) is 0 Å². The Labute approximate surface area is 90.1 Å². The molecule has 2 saturated heterocycles. The van der Waals surface area contributed by atoms with Gasteiger partial charge in [-0.1, -0.05) is 12.2 Å². The Morgan fingerprint density at radius 1 is 1.40 bits per heavy atom. The molecule has 0 N–H and O–H groups in total. The zero-order valence-corrected chi connectivity index (χ0v) is 8.89. The first-order valence-corrected chi connectivity index (χ1v) is 5.91. The molecule has 2 aliphatic heterocycles. The number of amides is 1. The van der Waals surface area contributed by atoms with E-state index in [2.05, 4.69) is 17.1 Å². The minimum Gasteiger partial charge on any atom is -0.374 e. The van der Waals surface area contributed by atoms with E-state index in [1.807, 2.05) is 0 Å². The van der Waals surface area contributed by atoms with E-state index in [-0.39, 0.29) is 5.92 Å². The number of fused-ring (bicyclic) bond motifs is 2. The molecule has 0 spiro atoms. The van der Waals surface area contributed by atoms with Gasteiger partial charge in [0.2, 0.25) is 5.91 Å². The number of hydrogen-bond donors (Lipinski definition) is 0. The number of carbonyl (C=O) groups excluding carboxylic acids is 1. The lowest BCUT2D eigenvalue weighted by atomic mass is 9.93. The van der Waals surface area contributed by atoms with Crippen LogP contribution in [0.5, 0.6) is 0 Å². The van der Waals surface area contributed by atoms with Crippen molar-refractivity contribution in [3.05, 3.63) is 12.2 Å². The van der Waals surface area contributed by atoms with Crippen LogP contribution in [-0.2, 0) is 9.53 Å². The third-order valence-corrected chi connectivity index (χ3v) is 3.80. The van der Waals surface area contributed by atoms with Crippen LogP contribution < -0.4 is 0 Å². The number of rotatable bonds is 1. The highest BCUT2D eigenvalue weighted by Gasteiger charge is 2.42. The molecule has 0 aromatic heterocycles. The minimum absolute atomic E-state index is 0.245. The van der Waals surface area contributed by atoms with Gasteiger partial charge in [-0.2, -0.15) is 0 Å². The number of ether oxygens (including phenoxy) is 1. The zero-order chi connectivity index (χ0) is 10.3. The monoisotopic (exact) mass is 207 g/mol. The SMILES string of the molecule is O=C(C1CC=CCC1)N1CC2CC1CO2. The standard InChI is InChI=1S/C12H17NO2/c14-12(9-4-2-1-3-5-9)13-7-11-6-10(13)8-15-11/h1-2,9-11H,3-8H2. The van der Waals surface area contributed by atoms with E-state index >= 15 is 0 Å². The molecule has 3 rings (SSSR count). The van der Waals surface area contributed by atoms with E-state index in [0.717, 1.165) is 38.8 Å². The van der Waals surface area contributed by atoms with Gasteiger partial charge in [0.05, 0.1) is 18.8 Å². The van der Waals surface area contributed by atoms with E-state index in [1.54, 1.807) is 0 Å². The first-order chi connectivity index (χ1) is 7.34. The summed E-state index contributed by atoms with van der Waals surface area (Å²) in [5.41, 5.74) is 0. The third-order valence-electron chi connectivity index (χ3n) is 3.80. The first-order valence-electron chi connectivity index (χ1n) is 5.91. The molecule has 82 valence electrons. The maximum Gasteiger partial charge on any atom is 0.226 e. The Morgan fingerprint density at radius 3 is 2.93 bits per heavy atom. The highest BCUT2D eigenvalue weighted by atomic mass is 16.5. The van der Waals surface area contributed by atoms with Gasteiger partial charge < -0.3 is 9.64 Å². The summed E-state index contributed by atoms with van der Waals surface area (Å²) in [6.07, 6.45) is 8.76. The molecule has 0 saturated carbocycles. The molecule has 3 aliphatic rings. The van der Waals surface area contributed by atoms with Gasteiger partial charge in [-0.25, -0.2) is 0 Å². The van der Waals surface area contributed by atoms with Crippen molar-refractivity contribution in [3.63, 3.8) is 0 Å². The number of carbonyl (C=O) groups is 1. The molecule has 3 unspecified atom stereocenters. The summed E-state index contributed by atoms with van der Waals surface area (Å²) in [4.78, 5) is 14.3. The average Bonchev–Trinajstić information content (AvgIpc) is 2.91. The highest BCUT2D eigenvalue weighted by Crippen LogP contribution is 2.31. The van der Waals surface area contributed by atoms with Crippen LogP contribution in [0, 0.1) is 5.92 Å². The number of hydrogen-bond acceptors (Lipinski definition) is 2. The van der Waals surface area contributed by atoms with Crippen molar-refractivity contribution in [3.8, 4) is 0 Å². The van der Waals surface area contributed by atoms with Gasteiger partial charge in [-0.3, -0.25) is 4.79 Å². The summed E-state index contributed by atoms with van der Waals surface area (Å²) < 4.78 is 5.51. The van der Waals surface area contributed by atoms with Crippen molar-refractivity contribution in [1.82, 2.24) is 4.90 Å². The number of morpholine rings is 1. The van der Waals surface area contributed by atoms with E-state index in [0.29, 0.717) is 18.1 Å². The second-order valence-electron chi connectivity index (χ2n) is 4.82. The summed E-state index contributed by atoms with van der Waals surface area (Å²) in [5, 5.41) is 0. The molecule has 1 aliphatic carbocycles. The molecule has 3 nitrogen and oxygen atoms in total. The Balaban J connectivity index is 1.67. The predicted molar refractivity (Wildman–Crippen MR) is 56.3 cm³/mol. The quantitative estimate of drug-likeness (QED) is 0.607. The van der Waals surface area contributed by atoms with Crippen molar-refractivity contribution >= 4 is 5.91 Å². The van der Waals surface area contributed by atoms with Crippen LogP contribution in [0.1, 0.15) is 25.7 Å². The molecule has 3 heteroatoms. The van der Waals surface area contributed by atoms with Crippen molar-refractivity contribution < 1.29 is 9.53 Å². The Morgan fingerprint density at radius 2 is 2.33 bits per heavy atom. The fourth-order valence-electron chi connectivity index (χ4n) is 2.92. The molecule has 0 radical (unpaired) electrons. The molecule has 3 atom stereocenters. The molecule has 2 fully saturated rings. The Bertz CT molecular complexity index is 300. The molecule has 0 aromatic carbocycles. The summed E-state index contributed by atoms with van der Waals surface area (Å²) in [6.45, 7) is 1.60. The summed E-state index contributed by atoms with van der Waals surface area (Å²) in [5.74, 6) is 0.615. The molecule has 2 bridgehead atoms. The van der Waals surface area contributed by atoms with Crippen molar-refractivity contribution in [1.29, 1.82) is 0 Å². The van der Waals surface area contributed by atoms with Crippen molar-refractivity contribution in [2.24, 2.45) is 5.92 Å². The highest BCUT2D eigenvalue weighted by molar-refractivity contribution is 5.80. The van der Waals surface area contributed by atoms with Crippen LogP contribution in [0.3, 0.4) is 0 Å². The van der Waals surface area contributed by atoms with Crippen molar-refractivity contribution in [2.75, 3.05) is 13.2 Å². The molecular formula is C12H17NO2. The molecule has 2 heterocycles. The van der Waals surface area contributed by atoms with E-state index < -0.39 is 0 Å². The van der Waals surface area contributed by atoms with Crippen LogP contribution in [0.25, 0.3) is 0 Å². The van der Waals surface area contributed by atoms with E-state index in [4.69, 9.17) is 4.74 Å². The maximum absolute atomic E-state index is 12.2. The summed E-state index contributed by atoms with van der Waals surface area (Å²) in [6, 6.07) is 0.383. The zero-order valence-electron chi connectivity index (χ0n) is 8.89. The van der Waals surface area contributed by atoms with Crippen LogP contribution >= 0.6 is 0 Å². The molecule has 0 aromatic rings. The van der Waals surface area contributed by atoms with Gasteiger partial charge in [0, 0.05) is 12.5 Å².